The summed E-state index contributed by atoms with van der Waals surface area (Å²) in [5.74, 6) is -4.42. The van der Waals surface area contributed by atoms with Gasteiger partial charge in [0, 0.05) is 13.0 Å². The number of aryl methyl sites for hydroxylation is 1. The maximum atomic E-state index is 13.3. The van der Waals surface area contributed by atoms with E-state index in [2.05, 4.69) is 5.32 Å². The van der Waals surface area contributed by atoms with Crippen LogP contribution in [0.1, 0.15) is 49.7 Å². The van der Waals surface area contributed by atoms with E-state index in [1.54, 1.807) is 4.90 Å². The van der Waals surface area contributed by atoms with Crippen molar-refractivity contribution in [1.29, 1.82) is 0 Å². The van der Waals surface area contributed by atoms with Crippen LogP contribution < -0.4 is 5.32 Å². The molecular formula is C21H26N2O5. The Labute approximate surface area is 164 Å². The third-order valence-electron chi connectivity index (χ3n) is 5.83. The van der Waals surface area contributed by atoms with Gasteiger partial charge in [0.15, 0.2) is 11.7 Å². The lowest BCUT2D eigenvalue weighted by atomic mass is 9.71. The zero-order chi connectivity index (χ0) is 20.3. The number of aliphatic carboxylic acids is 1. The predicted molar refractivity (Wildman–Crippen MR) is 101 cm³/mol. The number of carboxylic acids is 1. The van der Waals surface area contributed by atoms with E-state index in [-0.39, 0.29) is 6.42 Å². The molecule has 7 nitrogen and oxygen atoms in total. The molecule has 7 heteroatoms. The molecule has 1 aliphatic heterocycles. The maximum Gasteiger partial charge on any atom is 0.322 e. The number of hydrogen-bond acceptors (Lipinski definition) is 4. The molecule has 2 amide bonds. The fourth-order valence-electron chi connectivity index (χ4n) is 4.35. The van der Waals surface area contributed by atoms with E-state index in [4.69, 9.17) is 5.11 Å². The summed E-state index contributed by atoms with van der Waals surface area (Å²) >= 11 is 0. The molecule has 2 aliphatic rings. The summed E-state index contributed by atoms with van der Waals surface area (Å²) in [7, 11) is 0. The number of nitrogens with one attached hydrogen (secondary N) is 1. The summed E-state index contributed by atoms with van der Waals surface area (Å²) < 4.78 is 0. The van der Waals surface area contributed by atoms with Crippen LogP contribution in [-0.4, -0.2) is 45.7 Å². The second kappa shape index (κ2) is 8.12. The van der Waals surface area contributed by atoms with Crippen LogP contribution in [0.3, 0.4) is 0 Å². The molecule has 0 bridgehead atoms. The Bertz CT molecular complexity index is 780. The largest absolute Gasteiger partial charge is 0.480 e. The van der Waals surface area contributed by atoms with Gasteiger partial charge in [-0.05, 0) is 25.3 Å². The molecule has 3 rings (SSSR count). The van der Waals surface area contributed by atoms with Crippen LogP contribution >= 0.6 is 0 Å². The summed E-state index contributed by atoms with van der Waals surface area (Å²) in [6.45, 7) is 1.72. The molecule has 0 aromatic heterocycles. The highest BCUT2D eigenvalue weighted by Gasteiger charge is 2.52. The minimum Gasteiger partial charge on any atom is -0.480 e. The summed E-state index contributed by atoms with van der Waals surface area (Å²) in [5, 5.41) is 11.0. The van der Waals surface area contributed by atoms with Crippen LogP contribution in [0.5, 0.6) is 0 Å². The van der Waals surface area contributed by atoms with Crippen molar-refractivity contribution < 1.29 is 24.3 Å². The number of ketones is 1. The van der Waals surface area contributed by atoms with Crippen molar-refractivity contribution >= 4 is 23.6 Å². The lowest BCUT2D eigenvalue weighted by Crippen LogP contribution is -2.63. The smallest absolute Gasteiger partial charge is 0.322 e. The van der Waals surface area contributed by atoms with Gasteiger partial charge in [0.25, 0.3) is 0 Å². The lowest BCUT2D eigenvalue weighted by molar-refractivity contribution is -0.162. The zero-order valence-corrected chi connectivity index (χ0v) is 16.1. The molecule has 1 saturated heterocycles. The van der Waals surface area contributed by atoms with Crippen molar-refractivity contribution in [3.63, 3.8) is 0 Å². The molecule has 1 aromatic rings. The van der Waals surface area contributed by atoms with Crippen LogP contribution in [0, 0.1) is 12.8 Å². The third kappa shape index (κ3) is 4.08. The molecule has 1 spiro atoms. The number of nitrogens with zero attached hydrogens (tertiary/aromatic N) is 1. The Morgan fingerprint density at radius 1 is 1.14 bits per heavy atom. The topological polar surface area (TPSA) is 104 Å². The number of carbonyl (C=O) groups is 4. The quantitative estimate of drug-likeness (QED) is 0.751. The summed E-state index contributed by atoms with van der Waals surface area (Å²) in [5.41, 5.74) is 1.52. The summed E-state index contributed by atoms with van der Waals surface area (Å²) in [6, 6.07) is 7.85. The van der Waals surface area contributed by atoms with Gasteiger partial charge >= 0.3 is 5.97 Å². The standard InChI is InChI=1S/C21H26N2O5/c1-14-5-7-15(8-6-14)13-23-20(28)18(19(27)22-12-17(25)26)16(24)11-21(23)9-3-2-4-10-21/h5-8,18H,2-4,9-13H2,1H3,(H,22,27)(H,25,26). The Kier molecular flexibility index (Phi) is 5.82. The van der Waals surface area contributed by atoms with Gasteiger partial charge in [-0.15, -0.1) is 0 Å². The predicted octanol–water partition coefficient (Wildman–Crippen LogP) is 1.82. The highest BCUT2D eigenvalue weighted by molar-refractivity contribution is 6.20. The van der Waals surface area contributed by atoms with Crippen LogP contribution in [0.4, 0.5) is 0 Å². The maximum absolute atomic E-state index is 13.3. The van der Waals surface area contributed by atoms with E-state index in [0.717, 1.165) is 43.2 Å². The van der Waals surface area contributed by atoms with E-state index in [9.17, 15) is 19.2 Å². The van der Waals surface area contributed by atoms with Crippen LogP contribution in [0.15, 0.2) is 24.3 Å². The van der Waals surface area contributed by atoms with E-state index < -0.39 is 41.6 Å². The molecule has 1 unspecified atom stereocenters. The van der Waals surface area contributed by atoms with Gasteiger partial charge in [0.1, 0.15) is 6.54 Å². The first-order chi connectivity index (χ1) is 13.3. The van der Waals surface area contributed by atoms with Gasteiger partial charge < -0.3 is 15.3 Å². The molecule has 1 heterocycles. The molecule has 2 fully saturated rings. The number of carbonyl (C=O) groups excluding carboxylic acids is 3. The minimum absolute atomic E-state index is 0.149. The van der Waals surface area contributed by atoms with Crippen LogP contribution in [0.2, 0.25) is 0 Å². The lowest BCUT2D eigenvalue weighted by Gasteiger charge is -2.50. The van der Waals surface area contributed by atoms with Crippen LogP contribution in [-0.2, 0) is 25.7 Å². The van der Waals surface area contributed by atoms with Gasteiger partial charge in [-0.3, -0.25) is 19.2 Å². The molecule has 2 N–H and O–H groups in total. The van der Waals surface area contributed by atoms with E-state index in [0.29, 0.717) is 6.54 Å². The number of benzene rings is 1. The Hall–Kier alpha value is -2.70. The van der Waals surface area contributed by atoms with Crippen molar-refractivity contribution in [2.45, 2.75) is 57.5 Å². The Balaban J connectivity index is 1.88. The molecule has 0 radical (unpaired) electrons. The SMILES string of the molecule is Cc1ccc(CN2C(=O)C(C(=O)NCC(=O)O)C(=O)CC23CCCCC3)cc1. The average molecular weight is 386 g/mol. The van der Waals surface area contributed by atoms with Gasteiger partial charge in [-0.1, -0.05) is 49.1 Å². The molecule has 1 saturated carbocycles. The number of rotatable bonds is 5. The highest BCUT2D eigenvalue weighted by Crippen LogP contribution is 2.42. The van der Waals surface area contributed by atoms with E-state index in [1.165, 1.54) is 0 Å². The molecule has 1 atom stereocenters. The normalized spacial score (nSPS) is 21.6. The van der Waals surface area contributed by atoms with Gasteiger partial charge in [-0.25, -0.2) is 0 Å². The highest BCUT2D eigenvalue weighted by atomic mass is 16.4. The van der Waals surface area contributed by atoms with Gasteiger partial charge in [-0.2, -0.15) is 0 Å². The molecule has 28 heavy (non-hydrogen) atoms. The van der Waals surface area contributed by atoms with Crippen molar-refractivity contribution in [3.8, 4) is 0 Å². The molecule has 150 valence electrons. The molecule has 1 aromatic carbocycles. The Morgan fingerprint density at radius 3 is 2.39 bits per heavy atom. The van der Waals surface area contributed by atoms with Crippen LogP contribution in [0.25, 0.3) is 0 Å². The first-order valence-corrected chi connectivity index (χ1v) is 9.72. The number of carboxylic acid groups (broad SMARTS) is 1. The number of hydrogen-bond donors (Lipinski definition) is 2. The first-order valence-electron chi connectivity index (χ1n) is 9.72. The number of likely N-dealkylation sites (tertiary alicyclic amines) is 1. The fourth-order valence-corrected chi connectivity index (χ4v) is 4.35. The summed E-state index contributed by atoms with van der Waals surface area (Å²) in [6.07, 6.45) is 4.61. The van der Waals surface area contributed by atoms with Crippen molar-refractivity contribution in [1.82, 2.24) is 10.2 Å². The van der Waals surface area contributed by atoms with Crippen molar-refractivity contribution in [3.05, 3.63) is 35.4 Å². The van der Waals surface area contributed by atoms with Crippen molar-refractivity contribution in [2.24, 2.45) is 5.92 Å². The monoisotopic (exact) mass is 386 g/mol. The van der Waals surface area contributed by atoms with Gasteiger partial charge in [0.2, 0.25) is 11.8 Å². The van der Waals surface area contributed by atoms with E-state index >= 15 is 0 Å². The van der Waals surface area contributed by atoms with Crippen molar-refractivity contribution in [2.75, 3.05) is 6.54 Å². The Morgan fingerprint density at radius 2 is 1.79 bits per heavy atom. The zero-order valence-electron chi connectivity index (χ0n) is 16.1. The molecule has 1 aliphatic carbocycles. The second-order valence-electron chi connectivity index (χ2n) is 7.88. The first kappa shape index (κ1) is 20.0. The van der Waals surface area contributed by atoms with E-state index in [1.807, 2.05) is 31.2 Å². The van der Waals surface area contributed by atoms with Gasteiger partial charge in [0.05, 0.1) is 5.54 Å². The third-order valence-corrected chi connectivity index (χ3v) is 5.83. The average Bonchev–Trinajstić information content (AvgIpc) is 2.65. The second-order valence-corrected chi connectivity index (χ2v) is 7.88. The summed E-state index contributed by atoms with van der Waals surface area (Å²) in [4.78, 5) is 50.9. The number of amides is 2. The fraction of sp³-hybridized carbons (Fsp3) is 0.524. The number of Topliss-reactive ketones (excluding diaryl/α,β-unsaturated/α-hetero) is 1. The minimum atomic E-state index is -1.46. The molecular weight excluding hydrogens is 360 g/mol. The number of piperidine rings is 1.